The first-order valence-electron chi connectivity index (χ1n) is 4.30. The first-order valence-corrected chi connectivity index (χ1v) is 4.68. The molecular weight excluding hydrogens is 216 g/mol. The van der Waals surface area contributed by atoms with Gasteiger partial charge in [0, 0.05) is 0 Å². The van der Waals surface area contributed by atoms with Gasteiger partial charge in [-0.2, -0.15) is 0 Å². The maximum atomic E-state index is 10.6. The van der Waals surface area contributed by atoms with Crippen LogP contribution in [0.2, 0.25) is 0 Å². The molecule has 0 amide bonds. The van der Waals surface area contributed by atoms with Crippen LogP contribution < -0.4 is 4.74 Å². The van der Waals surface area contributed by atoms with E-state index in [0.29, 0.717) is 5.57 Å². The minimum Gasteiger partial charge on any atom is -0.497 e. The number of carboxylic acids is 1. The summed E-state index contributed by atoms with van der Waals surface area (Å²) in [6.45, 7) is 1.66. The van der Waals surface area contributed by atoms with E-state index >= 15 is 0 Å². The van der Waals surface area contributed by atoms with Gasteiger partial charge in [0.2, 0.25) is 0 Å². The average molecular weight is 227 g/mol. The standard InChI is InChI=1S/C11H11ClO3/c1-7(10(12)11(13)14)8-3-5-9(15-2)6-4-8/h3-6H,1-2H3,(H,13,14). The van der Waals surface area contributed by atoms with E-state index in [1.54, 1.807) is 38.3 Å². The molecule has 1 aromatic rings. The van der Waals surface area contributed by atoms with Crippen LogP contribution in [0.5, 0.6) is 5.75 Å². The minimum atomic E-state index is -1.12. The molecule has 4 heteroatoms. The van der Waals surface area contributed by atoms with Crippen LogP contribution in [0.4, 0.5) is 0 Å². The van der Waals surface area contributed by atoms with Gasteiger partial charge < -0.3 is 9.84 Å². The second-order valence-corrected chi connectivity index (χ2v) is 3.35. The van der Waals surface area contributed by atoms with Gasteiger partial charge in [0.25, 0.3) is 0 Å². The fourth-order valence-corrected chi connectivity index (χ4v) is 1.24. The zero-order valence-corrected chi connectivity index (χ0v) is 9.21. The molecule has 0 radical (unpaired) electrons. The van der Waals surface area contributed by atoms with E-state index in [0.717, 1.165) is 11.3 Å². The van der Waals surface area contributed by atoms with Gasteiger partial charge in [-0.05, 0) is 30.2 Å². The SMILES string of the molecule is COc1ccc(C(C)=C(Cl)C(=O)O)cc1. The number of aliphatic carboxylic acids is 1. The molecule has 0 saturated heterocycles. The summed E-state index contributed by atoms with van der Waals surface area (Å²) in [4.78, 5) is 10.6. The fourth-order valence-electron chi connectivity index (χ4n) is 1.13. The summed E-state index contributed by atoms with van der Waals surface area (Å²) >= 11 is 5.62. The van der Waals surface area contributed by atoms with Gasteiger partial charge in [-0.1, -0.05) is 23.7 Å². The third-order valence-electron chi connectivity index (χ3n) is 2.04. The van der Waals surface area contributed by atoms with Crippen LogP contribution >= 0.6 is 11.6 Å². The molecule has 1 aromatic carbocycles. The van der Waals surface area contributed by atoms with Gasteiger partial charge in [-0.15, -0.1) is 0 Å². The molecule has 0 aliphatic heterocycles. The molecule has 0 bridgehead atoms. The van der Waals surface area contributed by atoms with Gasteiger partial charge in [-0.3, -0.25) is 0 Å². The van der Waals surface area contributed by atoms with Gasteiger partial charge in [0.05, 0.1) is 7.11 Å². The highest BCUT2D eigenvalue weighted by molar-refractivity contribution is 6.44. The van der Waals surface area contributed by atoms with Gasteiger partial charge in [-0.25, -0.2) is 4.79 Å². The lowest BCUT2D eigenvalue weighted by molar-refractivity contribution is -0.131. The number of carbonyl (C=O) groups is 1. The molecule has 0 atom stereocenters. The van der Waals surface area contributed by atoms with Crippen LogP contribution in [0.15, 0.2) is 29.3 Å². The molecule has 0 aliphatic rings. The Morgan fingerprint density at radius 2 is 1.87 bits per heavy atom. The second kappa shape index (κ2) is 4.84. The molecule has 0 aromatic heterocycles. The maximum Gasteiger partial charge on any atom is 0.347 e. The maximum absolute atomic E-state index is 10.6. The number of benzene rings is 1. The first kappa shape index (κ1) is 11.6. The van der Waals surface area contributed by atoms with Crippen LogP contribution in [0, 0.1) is 0 Å². The van der Waals surface area contributed by atoms with Gasteiger partial charge in [0.1, 0.15) is 10.8 Å². The largest absolute Gasteiger partial charge is 0.497 e. The Morgan fingerprint density at radius 1 is 1.33 bits per heavy atom. The van der Waals surface area contributed by atoms with Crippen molar-refractivity contribution in [3.8, 4) is 5.75 Å². The molecule has 15 heavy (non-hydrogen) atoms. The van der Waals surface area contributed by atoms with Crippen molar-refractivity contribution in [3.63, 3.8) is 0 Å². The molecule has 0 spiro atoms. The fraction of sp³-hybridized carbons (Fsp3) is 0.182. The third kappa shape index (κ3) is 2.73. The van der Waals surface area contributed by atoms with Crippen LogP contribution in [-0.4, -0.2) is 18.2 Å². The first-order chi connectivity index (χ1) is 7.06. The highest BCUT2D eigenvalue weighted by atomic mass is 35.5. The number of halogens is 1. The highest BCUT2D eigenvalue weighted by Crippen LogP contribution is 2.23. The Balaban J connectivity index is 3.07. The van der Waals surface area contributed by atoms with Crippen molar-refractivity contribution in [1.82, 2.24) is 0 Å². The number of allylic oxidation sites excluding steroid dienone is 1. The van der Waals surface area contributed by atoms with Crippen molar-refractivity contribution in [1.29, 1.82) is 0 Å². The average Bonchev–Trinajstić information content (AvgIpc) is 2.27. The smallest absolute Gasteiger partial charge is 0.347 e. The van der Waals surface area contributed by atoms with Gasteiger partial charge >= 0.3 is 5.97 Å². The van der Waals surface area contributed by atoms with E-state index < -0.39 is 5.97 Å². The number of hydrogen-bond donors (Lipinski definition) is 1. The molecule has 0 fully saturated rings. The predicted octanol–water partition coefficient (Wildman–Crippen LogP) is 2.75. The highest BCUT2D eigenvalue weighted by Gasteiger charge is 2.09. The van der Waals surface area contributed by atoms with Crippen molar-refractivity contribution in [3.05, 3.63) is 34.9 Å². The third-order valence-corrected chi connectivity index (χ3v) is 2.49. The zero-order valence-electron chi connectivity index (χ0n) is 8.45. The van der Waals surface area contributed by atoms with E-state index in [1.807, 2.05) is 0 Å². The quantitative estimate of drug-likeness (QED) is 0.807. The molecular formula is C11H11ClO3. The van der Waals surface area contributed by atoms with Crippen molar-refractivity contribution >= 4 is 23.1 Å². The molecule has 0 aliphatic carbocycles. The van der Waals surface area contributed by atoms with Gasteiger partial charge in [0.15, 0.2) is 0 Å². The van der Waals surface area contributed by atoms with Crippen LogP contribution in [-0.2, 0) is 4.79 Å². The molecule has 1 rings (SSSR count). The van der Waals surface area contributed by atoms with E-state index in [2.05, 4.69) is 0 Å². The minimum absolute atomic E-state index is 0.167. The van der Waals surface area contributed by atoms with E-state index in [9.17, 15) is 4.79 Å². The summed E-state index contributed by atoms with van der Waals surface area (Å²) in [6, 6.07) is 7.04. The molecule has 0 heterocycles. The molecule has 80 valence electrons. The zero-order chi connectivity index (χ0) is 11.4. The summed E-state index contributed by atoms with van der Waals surface area (Å²) in [5, 5.41) is 8.53. The van der Waals surface area contributed by atoms with Crippen molar-refractivity contribution in [2.45, 2.75) is 6.92 Å². The summed E-state index contributed by atoms with van der Waals surface area (Å²) in [5.41, 5.74) is 1.30. The van der Waals surface area contributed by atoms with Crippen LogP contribution in [0.1, 0.15) is 12.5 Å². The van der Waals surface area contributed by atoms with E-state index in [4.69, 9.17) is 21.4 Å². The van der Waals surface area contributed by atoms with E-state index in [1.165, 1.54) is 0 Å². The van der Waals surface area contributed by atoms with Crippen LogP contribution in [0.25, 0.3) is 5.57 Å². The van der Waals surface area contributed by atoms with Crippen molar-refractivity contribution in [2.24, 2.45) is 0 Å². The topological polar surface area (TPSA) is 46.5 Å². The van der Waals surface area contributed by atoms with Crippen molar-refractivity contribution < 1.29 is 14.6 Å². The van der Waals surface area contributed by atoms with Crippen LogP contribution in [0.3, 0.4) is 0 Å². The molecule has 0 unspecified atom stereocenters. The number of carboxylic acid groups (broad SMARTS) is 1. The Morgan fingerprint density at radius 3 is 2.27 bits per heavy atom. The lowest BCUT2D eigenvalue weighted by Gasteiger charge is -2.04. The Kier molecular flexibility index (Phi) is 3.74. The number of rotatable bonds is 3. The molecule has 1 N–H and O–H groups in total. The Hall–Kier alpha value is -1.48. The summed E-state index contributed by atoms with van der Waals surface area (Å²) in [7, 11) is 1.57. The molecule has 3 nitrogen and oxygen atoms in total. The normalized spacial score (nSPS) is 11.9. The Bertz CT molecular complexity index is 393. The number of methoxy groups -OCH3 is 1. The summed E-state index contributed by atoms with van der Waals surface area (Å²) < 4.78 is 4.99. The van der Waals surface area contributed by atoms with Crippen molar-refractivity contribution in [2.75, 3.05) is 7.11 Å². The summed E-state index contributed by atoms with van der Waals surface area (Å²) in [6.07, 6.45) is 0. The lowest BCUT2D eigenvalue weighted by atomic mass is 10.1. The number of hydrogen-bond acceptors (Lipinski definition) is 2. The Labute approximate surface area is 92.9 Å². The van der Waals surface area contributed by atoms with E-state index in [-0.39, 0.29) is 5.03 Å². The predicted molar refractivity (Wildman–Crippen MR) is 59.1 cm³/mol. The lowest BCUT2D eigenvalue weighted by Crippen LogP contribution is -1.97. The second-order valence-electron chi connectivity index (χ2n) is 2.97. The molecule has 0 saturated carbocycles. The number of ether oxygens (including phenoxy) is 1. The summed E-state index contributed by atoms with van der Waals surface area (Å²) in [5.74, 6) is -0.400. The monoisotopic (exact) mass is 226 g/mol.